The van der Waals surface area contributed by atoms with E-state index < -0.39 is 20.0 Å². The van der Waals surface area contributed by atoms with Crippen molar-refractivity contribution in [3.8, 4) is 0 Å². The summed E-state index contributed by atoms with van der Waals surface area (Å²) in [6, 6.07) is -0.863. The number of hydrogen-bond acceptors (Lipinski definition) is 6. The van der Waals surface area contributed by atoms with Gasteiger partial charge in [0.1, 0.15) is 19.3 Å². The third-order valence-corrected chi connectivity index (χ3v) is 14.2. The standard InChI is InChI=1S/C62H115N2O7P/c1-7-10-13-16-19-22-25-28-30-31-32-33-34-36-39-42-45-48-51-54-61(65)63-59(58-70-72(67,68)69-57-56-64(4,5)6)60(53-50-47-44-41-38-35-27-24-21-18-15-12-9-3)71-62(66)55-52-49-46-43-40-37-29-26-23-20-17-14-11-8-2/h19,22,28,30,32-33,36,39,50,53,59-60H,7-18,20-21,23-27,29,31,34-35,37-38,40-49,51-52,54-58H2,1-6H3,(H-,63,65,67,68)/p+1/b22-19-,30-28-,33-32-,39-36-,53-50-. The molecule has 0 aliphatic rings. The highest BCUT2D eigenvalue weighted by atomic mass is 31.2. The molecule has 0 spiro atoms. The Labute approximate surface area is 445 Å². The van der Waals surface area contributed by atoms with E-state index in [1.165, 1.54) is 154 Å². The molecular formula is C62H116N2O7P+. The van der Waals surface area contributed by atoms with E-state index in [9.17, 15) is 19.0 Å². The molecule has 9 nitrogen and oxygen atoms in total. The van der Waals surface area contributed by atoms with Gasteiger partial charge in [-0.1, -0.05) is 242 Å². The number of nitrogens with zero attached hydrogens (tertiary/aromatic N) is 1. The van der Waals surface area contributed by atoms with Crippen molar-refractivity contribution < 1.29 is 37.3 Å². The predicted octanol–water partition coefficient (Wildman–Crippen LogP) is 18.3. The van der Waals surface area contributed by atoms with E-state index in [0.717, 1.165) is 77.0 Å². The average Bonchev–Trinajstić information content (AvgIpc) is 3.34. The number of carbonyl (C=O) groups excluding carboxylic acids is 2. The predicted molar refractivity (Wildman–Crippen MR) is 309 cm³/mol. The smallest absolute Gasteiger partial charge is 0.456 e. The van der Waals surface area contributed by atoms with E-state index in [1.54, 1.807) is 0 Å². The number of unbranched alkanes of at least 4 members (excludes halogenated alkanes) is 30. The molecule has 3 atom stereocenters. The molecule has 0 fully saturated rings. The zero-order valence-electron chi connectivity index (χ0n) is 47.9. The number of phosphoric ester groups is 1. The number of allylic oxidation sites excluding steroid dienone is 9. The lowest BCUT2D eigenvalue weighted by Gasteiger charge is -2.27. The zero-order valence-corrected chi connectivity index (χ0v) is 48.8. The third-order valence-electron chi connectivity index (χ3n) is 13.2. The number of esters is 1. The molecule has 0 heterocycles. The van der Waals surface area contributed by atoms with Gasteiger partial charge in [-0.25, -0.2) is 4.57 Å². The molecule has 10 heteroatoms. The van der Waals surface area contributed by atoms with E-state index >= 15 is 0 Å². The molecule has 0 saturated heterocycles. The van der Waals surface area contributed by atoms with Gasteiger partial charge in [0, 0.05) is 12.8 Å². The van der Waals surface area contributed by atoms with Crippen LogP contribution in [-0.2, 0) is 27.9 Å². The van der Waals surface area contributed by atoms with Gasteiger partial charge in [-0.2, -0.15) is 0 Å². The fourth-order valence-corrected chi connectivity index (χ4v) is 9.25. The monoisotopic (exact) mass is 1030 g/mol. The van der Waals surface area contributed by atoms with Gasteiger partial charge in [0.25, 0.3) is 0 Å². The fraction of sp³-hybridized carbons (Fsp3) is 0.806. The molecule has 72 heavy (non-hydrogen) atoms. The molecule has 3 unspecified atom stereocenters. The normalized spacial score (nSPS) is 14.2. The van der Waals surface area contributed by atoms with Crippen LogP contribution in [0.5, 0.6) is 0 Å². The second-order valence-corrected chi connectivity index (χ2v) is 23.0. The van der Waals surface area contributed by atoms with Gasteiger partial charge in [0.2, 0.25) is 5.91 Å². The van der Waals surface area contributed by atoms with Crippen molar-refractivity contribution in [2.75, 3.05) is 40.9 Å². The molecule has 0 aromatic carbocycles. The largest absolute Gasteiger partial charge is 0.472 e. The molecule has 2 N–H and O–H groups in total. The molecule has 420 valence electrons. The second kappa shape index (κ2) is 52.2. The number of likely N-dealkylation sites (N-methyl/N-ethyl adjacent to an activating group) is 1. The van der Waals surface area contributed by atoms with Crippen LogP contribution in [0.3, 0.4) is 0 Å². The van der Waals surface area contributed by atoms with Gasteiger partial charge in [-0.15, -0.1) is 0 Å². The molecule has 0 bridgehead atoms. The zero-order chi connectivity index (χ0) is 52.9. The summed E-state index contributed by atoms with van der Waals surface area (Å²) < 4.78 is 30.6. The molecule has 0 rings (SSSR count). The number of rotatable bonds is 54. The van der Waals surface area contributed by atoms with Gasteiger partial charge < -0.3 is 19.4 Å². The van der Waals surface area contributed by atoms with Crippen molar-refractivity contribution in [3.63, 3.8) is 0 Å². The Kier molecular flexibility index (Phi) is 50.5. The summed E-state index contributed by atoms with van der Waals surface area (Å²) in [5, 5.41) is 3.04. The van der Waals surface area contributed by atoms with Crippen LogP contribution in [0.25, 0.3) is 0 Å². The highest BCUT2D eigenvalue weighted by Crippen LogP contribution is 2.43. The van der Waals surface area contributed by atoms with Crippen molar-refractivity contribution >= 4 is 19.7 Å². The molecule has 0 aliphatic heterocycles. The van der Waals surface area contributed by atoms with Gasteiger partial charge in [-0.05, 0) is 76.7 Å². The second-order valence-electron chi connectivity index (χ2n) is 21.5. The first-order valence-corrected chi connectivity index (χ1v) is 31.6. The van der Waals surface area contributed by atoms with E-state index in [-0.39, 0.29) is 31.5 Å². The number of hydrogen-bond donors (Lipinski definition) is 2. The summed E-state index contributed by atoms with van der Waals surface area (Å²) in [7, 11) is 1.48. The van der Waals surface area contributed by atoms with Crippen molar-refractivity contribution in [1.82, 2.24) is 5.32 Å². The number of ether oxygens (including phenoxy) is 1. The molecule has 0 aromatic heterocycles. The number of nitrogens with one attached hydrogen (secondary N) is 1. The average molecular weight is 1030 g/mol. The molecule has 0 aromatic rings. The SMILES string of the molecule is CCCCC/C=C\C/C=C\C/C=C\C/C=C\CCCCCC(=O)NC(COP(=O)(O)OCC[N+](C)(C)C)C(/C=C\CCCCCCCCCCCCC)OC(=O)CCCCCCCCCCCCCCCC. The number of quaternary nitrogens is 1. The van der Waals surface area contributed by atoms with Gasteiger partial charge in [0.15, 0.2) is 0 Å². The summed E-state index contributed by atoms with van der Waals surface area (Å²) in [5.41, 5.74) is 0. The number of phosphoric acid groups is 1. The minimum Gasteiger partial charge on any atom is -0.456 e. The lowest BCUT2D eigenvalue weighted by molar-refractivity contribution is -0.870. The van der Waals surface area contributed by atoms with Crippen LogP contribution in [0, 0.1) is 0 Å². The Bertz CT molecular complexity index is 1420. The van der Waals surface area contributed by atoms with Crippen LogP contribution in [0.15, 0.2) is 60.8 Å². The van der Waals surface area contributed by atoms with E-state index in [0.29, 0.717) is 23.9 Å². The van der Waals surface area contributed by atoms with Crippen molar-refractivity contribution in [3.05, 3.63) is 60.8 Å². The van der Waals surface area contributed by atoms with Crippen molar-refractivity contribution in [1.29, 1.82) is 0 Å². The highest BCUT2D eigenvalue weighted by Gasteiger charge is 2.30. The Morgan fingerprint density at radius 2 is 0.847 bits per heavy atom. The van der Waals surface area contributed by atoms with Crippen LogP contribution >= 0.6 is 7.82 Å². The van der Waals surface area contributed by atoms with Crippen LogP contribution in [0.1, 0.15) is 271 Å². The van der Waals surface area contributed by atoms with Crippen LogP contribution in [0.4, 0.5) is 0 Å². The van der Waals surface area contributed by atoms with E-state index in [2.05, 4.69) is 74.7 Å². The molecular weight excluding hydrogens is 916 g/mol. The maximum Gasteiger partial charge on any atom is 0.472 e. The third kappa shape index (κ3) is 52.6. The summed E-state index contributed by atoms with van der Waals surface area (Å²) in [6.07, 6.45) is 64.9. The van der Waals surface area contributed by atoms with E-state index in [1.807, 2.05) is 33.3 Å². The first-order chi connectivity index (χ1) is 34.9. The number of amides is 1. The van der Waals surface area contributed by atoms with Crippen LogP contribution < -0.4 is 5.32 Å². The van der Waals surface area contributed by atoms with Crippen LogP contribution in [-0.4, -0.2) is 74.3 Å². The van der Waals surface area contributed by atoms with E-state index in [4.69, 9.17) is 13.8 Å². The minimum absolute atomic E-state index is 0.0336. The molecule has 0 radical (unpaired) electrons. The topological polar surface area (TPSA) is 111 Å². The van der Waals surface area contributed by atoms with Crippen molar-refractivity contribution in [2.45, 2.75) is 283 Å². The summed E-state index contributed by atoms with van der Waals surface area (Å²) in [4.78, 5) is 37.6. The first-order valence-electron chi connectivity index (χ1n) is 30.1. The Morgan fingerprint density at radius 1 is 0.486 bits per heavy atom. The Hall–Kier alpha value is -2.29. The van der Waals surface area contributed by atoms with Gasteiger partial charge in [-0.3, -0.25) is 18.6 Å². The fourth-order valence-electron chi connectivity index (χ4n) is 8.51. The highest BCUT2D eigenvalue weighted by molar-refractivity contribution is 7.47. The van der Waals surface area contributed by atoms with Gasteiger partial charge >= 0.3 is 13.8 Å². The quantitative estimate of drug-likeness (QED) is 0.0205. The summed E-state index contributed by atoms with van der Waals surface area (Å²) in [6.45, 7) is 6.97. The molecule has 1 amide bonds. The Balaban J connectivity index is 5.38. The van der Waals surface area contributed by atoms with Gasteiger partial charge in [0.05, 0.1) is 33.8 Å². The van der Waals surface area contributed by atoms with Crippen molar-refractivity contribution in [2.24, 2.45) is 0 Å². The molecule has 0 aliphatic carbocycles. The molecule has 0 saturated carbocycles. The minimum atomic E-state index is -4.45. The van der Waals surface area contributed by atoms with Crippen LogP contribution in [0.2, 0.25) is 0 Å². The maximum absolute atomic E-state index is 13.5. The lowest BCUT2D eigenvalue weighted by atomic mass is 10.0. The summed E-state index contributed by atoms with van der Waals surface area (Å²) >= 11 is 0. The Morgan fingerprint density at radius 3 is 1.31 bits per heavy atom. The summed E-state index contributed by atoms with van der Waals surface area (Å²) in [5.74, 6) is -0.535. The number of carbonyl (C=O) groups is 2. The maximum atomic E-state index is 13.5. The first kappa shape index (κ1) is 69.7. The lowest BCUT2D eigenvalue weighted by Crippen LogP contribution is -2.47.